The molecule has 8 nitrogen and oxygen atoms in total. The van der Waals surface area contributed by atoms with Crippen molar-refractivity contribution in [2.75, 3.05) is 6.61 Å². The number of carbonyl (C=O) groups is 1. The van der Waals surface area contributed by atoms with Crippen molar-refractivity contribution in [3.8, 4) is 23.0 Å². The van der Waals surface area contributed by atoms with Crippen LogP contribution in [0.3, 0.4) is 0 Å². The number of halogens is 1. The zero-order chi connectivity index (χ0) is 26.1. The fourth-order valence-electron chi connectivity index (χ4n) is 4.76. The van der Waals surface area contributed by atoms with E-state index in [1.165, 1.54) is 6.07 Å². The summed E-state index contributed by atoms with van der Waals surface area (Å²) in [6.07, 6.45) is 2.93. The van der Waals surface area contributed by atoms with Crippen molar-refractivity contribution < 1.29 is 13.9 Å². The maximum Gasteiger partial charge on any atom is 0.270 e. The average Bonchev–Trinajstić information content (AvgIpc) is 3.35. The minimum Gasteiger partial charge on any atom is -0.492 e. The molecule has 190 valence electrons. The Morgan fingerprint density at radius 2 is 1.84 bits per heavy atom. The lowest BCUT2D eigenvalue weighted by Gasteiger charge is -2.35. The first-order valence-corrected chi connectivity index (χ1v) is 12.6. The van der Waals surface area contributed by atoms with Gasteiger partial charge in [-0.2, -0.15) is 0 Å². The summed E-state index contributed by atoms with van der Waals surface area (Å²) in [5, 5.41) is 12.9. The van der Waals surface area contributed by atoms with Crippen LogP contribution in [-0.4, -0.2) is 43.3 Å². The predicted molar refractivity (Wildman–Crippen MR) is 141 cm³/mol. The number of benzene rings is 2. The van der Waals surface area contributed by atoms with Gasteiger partial charge in [0.1, 0.15) is 28.8 Å². The molecule has 38 heavy (non-hydrogen) atoms. The molecule has 1 amide bonds. The van der Waals surface area contributed by atoms with Crippen LogP contribution in [0.25, 0.3) is 28.1 Å². The highest BCUT2D eigenvalue weighted by Gasteiger charge is 2.36. The normalized spacial score (nSPS) is 16.7. The number of pyridine rings is 2. The van der Waals surface area contributed by atoms with Crippen LogP contribution in [-0.2, 0) is 0 Å². The summed E-state index contributed by atoms with van der Waals surface area (Å²) in [5.41, 5.74) is 2.07. The number of ether oxygens (including phenoxy) is 1. The lowest BCUT2D eigenvalue weighted by molar-refractivity contribution is 0.0902. The fraction of sp³-hybridized carbons (Fsp3) is 0.207. The summed E-state index contributed by atoms with van der Waals surface area (Å²) in [4.78, 5) is 21.8. The minimum absolute atomic E-state index is 0.00610. The topological polar surface area (TPSA) is 94.8 Å². The largest absolute Gasteiger partial charge is 0.492 e. The van der Waals surface area contributed by atoms with Gasteiger partial charge in [-0.05, 0) is 56.2 Å². The molecule has 1 fully saturated rings. The Morgan fingerprint density at radius 3 is 2.63 bits per heavy atom. The van der Waals surface area contributed by atoms with E-state index in [4.69, 9.17) is 4.74 Å². The van der Waals surface area contributed by atoms with Gasteiger partial charge in [0.2, 0.25) is 0 Å². The van der Waals surface area contributed by atoms with Crippen molar-refractivity contribution in [3.05, 3.63) is 96.3 Å². The van der Waals surface area contributed by atoms with Gasteiger partial charge in [-0.25, -0.2) is 14.4 Å². The Balaban J connectivity index is 1.23. The summed E-state index contributed by atoms with van der Waals surface area (Å²) in [7, 11) is 0. The number of aromatic nitrogens is 5. The Labute approximate surface area is 218 Å². The molecule has 1 N–H and O–H groups in total. The molecule has 9 heteroatoms. The second-order valence-electron chi connectivity index (χ2n) is 9.21. The van der Waals surface area contributed by atoms with Crippen molar-refractivity contribution >= 4 is 16.8 Å². The van der Waals surface area contributed by atoms with Crippen LogP contribution < -0.4 is 10.1 Å². The summed E-state index contributed by atoms with van der Waals surface area (Å²) in [6, 6.07) is 21.4. The molecule has 3 heterocycles. The predicted octanol–water partition coefficient (Wildman–Crippen LogP) is 5.09. The molecule has 0 radical (unpaired) electrons. The molecule has 0 spiro atoms. The minimum atomic E-state index is -0.382. The van der Waals surface area contributed by atoms with Gasteiger partial charge < -0.3 is 10.1 Å². The summed E-state index contributed by atoms with van der Waals surface area (Å²) in [5.74, 6) is 1.12. The summed E-state index contributed by atoms with van der Waals surface area (Å²) >= 11 is 0. The zero-order valence-electron chi connectivity index (χ0n) is 20.7. The van der Waals surface area contributed by atoms with Crippen molar-refractivity contribution in [2.24, 2.45) is 0 Å². The zero-order valence-corrected chi connectivity index (χ0v) is 20.7. The van der Waals surface area contributed by atoms with Gasteiger partial charge >= 0.3 is 0 Å². The van der Waals surface area contributed by atoms with Crippen LogP contribution in [0.4, 0.5) is 4.39 Å². The van der Waals surface area contributed by atoms with Crippen molar-refractivity contribution in [2.45, 2.75) is 31.7 Å². The van der Waals surface area contributed by atoms with E-state index in [-0.39, 0.29) is 23.7 Å². The molecule has 2 aromatic carbocycles. The summed E-state index contributed by atoms with van der Waals surface area (Å²) in [6.45, 7) is 2.44. The lowest BCUT2D eigenvalue weighted by Crippen LogP contribution is -2.44. The quantitative estimate of drug-likeness (QED) is 0.329. The number of para-hydroxylation sites is 2. The number of amides is 1. The van der Waals surface area contributed by atoms with E-state index in [1.54, 1.807) is 41.1 Å². The van der Waals surface area contributed by atoms with E-state index in [0.717, 1.165) is 10.9 Å². The molecule has 0 aliphatic heterocycles. The second kappa shape index (κ2) is 10.0. The second-order valence-corrected chi connectivity index (χ2v) is 9.21. The van der Waals surface area contributed by atoms with E-state index < -0.39 is 0 Å². The Bertz CT molecular complexity index is 1610. The van der Waals surface area contributed by atoms with E-state index in [9.17, 15) is 9.18 Å². The van der Waals surface area contributed by atoms with Crippen LogP contribution in [0.1, 0.15) is 42.0 Å². The fourth-order valence-corrected chi connectivity index (χ4v) is 4.76. The van der Waals surface area contributed by atoms with Gasteiger partial charge in [-0.3, -0.25) is 9.36 Å². The van der Waals surface area contributed by atoms with Crippen LogP contribution in [0.2, 0.25) is 0 Å². The molecule has 0 saturated heterocycles. The molecule has 0 bridgehead atoms. The SMILES string of the molecule is CCOc1ccc(-c2nnc([C@H]3C[C@H](NC(=O)c4ccc5ccccc5n4)C3)n2-c2ccccc2F)nc1. The molecule has 0 atom stereocenters. The molecular weight excluding hydrogens is 483 g/mol. The number of fused-ring (bicyclic) bond motifs is 1. The van der Waals surface area contributed by atoms with E-state index in [0.29, 0.717) is 53.9 Å². The highest BCUT2D eigenvalue weighted by Crippen LogP contribution is 2.39. The average molecular weight is 509 g/mol. The Morgan fingerprint density at radius 1 is 1.03 bits per heavy atom. The third-order valence-corrected chi connectivity index (χ3v) is 6.73. The standard InChI is InChI=1S/C29H25FN6O2/c1-2-38-21-12-14-24(31-17-21)28-35-34-27(36(28)26-10-6-4-8-22(26)30)19-15-20(16-19)32-29(37)25-13-11-18-7-3-5-9-23(18)33-25/h3-14,17,19-20H,2,15-16H2,1H3,(H,32,37)/t19-,20-. The van der Waals surface area contributed by atoms with Gasteiger partial charge in [-0.15, -0.1) is 10.2 Å². The van der Waals surface area contributed by atoms with Crippen molar-refractivity contribution in [1.82, 2.24) is 30.0 Å². The first kappa shape index (κ1) is 23.7. The van der Waals surface area contributed by atoms with Crippen LogP contribution in [0, 0.1) is 5.82 Å². The molecule has 1 aliphatic carbocycles. The van der Waals surface area contributed by atoms with E-state index in [2.05, 4.69) is 25.5 Å². The van der Waals surface area contributed by atoms with E-state index in [1.807, 2.05) is 43.3 Å². The molecule has 6 rings (SSSR count). The number of nitrogens with one attached hydrogen (secondary N) is 1. The molecule has 5 aromatic rings. The van der Waals surface area contributed by atoms with Crippen LogP contribution >= 0.6 is 0 Å². The number of hydrogen-bond donors (Lipinski definition) is 1. The number of hydrogen-bond acceptors (Lipinski definition) is 6. The van der Waals surface area contributed by atoms with Crippen LogP contribution in [0.15, 0.2) is 79.0 Å². The maximum atomic E-state index is 14.9. The molecular formula is C29H25FN6O2. The van der Waals surface area contributed by atoms with Gasteiger partial charge in [-0.1, -0.05) is 36.4 Å². The Hall–Kier alpha value is -4.66. The monoisotopic (exact) mass is 508 g/mol. The number of rotatable bonds is 7. The lowest BCUT2D eigenvalue weighted by atomic mass is 9.79. The van der Waals surface area contributed by atoms with Gasteiger partial charge in [0.05, 0.1) is 24.0 Å². The third-order valence-electron chi connectivity index (χ3n) is 6.73. The molecule has 3 aromatic heterocycles. The molecule has 0 unspecified atom stereocenters. The number of carbonyl (C=O) groups excluding carboxylic acids is 1. The van der Waals surface area contributed by atoms with Gasteiger partial charge in [0.15, 0.2) is 5.82 Å². The van der Waals surface area contributed by atoms with Crippen molar-refractivity contribution in [3.63, 3.8) is 0 Å². The first-order valence-electron chi connectivity index (χ1n) is 12.6. The van der Waals surface area contributed by atoms with Crippen molar-refractivity contribution in [1.29, 1.82) is 0 Å². The Kier molecular flexibility index (Phi) is 6.25. The van der Waals surface area contributed by atoms with E-state index >= 15 is 0 Å². The summed E-state index contributed by atoms with van der Waals surface area (Å²) < 4.78 is 22.2. The first-order chi connectivity index (χ1) is 18.6. The molecule has 1 aliphatic rings. The highest BCUT2D eigenvalue weighted by molar-refractivity contribution is 5.95. The van der Waals surface area contributed by atoms with Crippen LogP contribution in [0.5, 0.6) is 5.75 Å². The number of nitrogens with zero attached hydrogens (tertiary/aromatic N) is 5. The third kappa shape index (κ3) is 4.47. The maximum absolute atomic E-state index is 14.9. The van der Waals surface area contributed by atoms with Gasteiger partial charge in [0.25, 0.3) is 5.91 Å². The smallest absolute Gasteiger partial charge is 0.270 e. The molecule has 1 saturated carbocycles. The highest BCUT2D eigenvalue weighted by atomic mass is 19.1. The van der Waals surface area contributed by atoms with Gasteiger partial charge in [0, 0.05) is 17.3 Å².